The number of ether oxygens (including phenoxy) is 5. The van der Waals surface area contributed by atoms with Crippen molar-refractivity contribution in [3.05, 3.63) is 11.1 Å². The summed E-state index contributed by atoms with van der Waals surface area (Å²) >= 11 is 0. The molecule has 4 aliphatic heterocycles. The average Bonchev–Trinajstić information content (AvgIpc) is 3.46. The molecule has 2 aliphatic carbocycles. The van der Waals surface area contributed by atoms with Gasteiger partial charge >= 0.3 is 0 Å². The maximum Gasteiger partial charge on any atom is 0.174 e. The van der Waals surface area contributed by atoms with Crippen LogP contribution in [0.25, 0.3) is 0 Å². The maximum absolute atomic E-state index is 13.6. The number of rotatable bonds is 3. The Morgan fingerprint density at radius 1 is 0.966 bits per heavy atom. The van der Waals surface area contributed by atoms with Gasteiger partial charge in [-0.3, -0.25) is 4.79 Å². The quantitative estimate of drug-likeness (QED) is 0.719. The molecule has 5 fully saturated rings. The van der Waals surface area contributed by atoms with Crippen LogP contribution in [0.4, 0.5) is 0 Å². The van der Waals surface area contributed by atoms with E-state index in [1.54, 1.807) is 0 Å². The zero-order chi connectivity index (χ0) is 19.9. The molecule has 0 radical (unpaired) electrons. The predicted molar refractivity (Wildman–Crippen MR) is 103 cm³/mol. The van der Waals surface area contributed by atoms with Gasteiger partial charge in [0.05, 0.1) is 32.5 Å². The molecule has 6 nitrogen and oxygen atoms in total. The molecule has 29 heavy (non-hydrogen) atoms. The monoisotopic (exact) mass is 404 g/mol. The first kappa shape index (κ1) is 18.9. The maximum atomic E-state index is 13.6. The van der Waals surface area contributed by atoms with E-state index in [1.807, 2.05) is 6.92 Å². The average molecular weight is 405 g/mol. The van der Waals surface area contributed by atoms with Crippen molar-refractivity contribution in [3.63, 3.8) is 0 Å². The van der Waals surface area contributed by atoms with E-state index in [-0.39, 0.29) is 23.2 Å². The van der Waals surface area contributed by atoms with Crippen LogP contribution in [0.3, 0.4) is 0 Å². The normalized spacial score (nSPS) is 44.6. The minimum atomic E-state index is -0.616. The van der Waals surface area contributed by atoms with Gasteiger partial charge in [-0.25, -0.2) is 0 Å². The number of Topliss-reactive ketones (excluding diaryl/α,β-unsaturated/α-hetero) is 1. The highest BCUT2D eigenvalue weighted by atomic mass is 16.7. The summed E-state index contributed by atoms with van der Waals surface area (Å²) in [6.07, 6.45) is 7.13. The fourth-order valence-electron chi connectivity index (χ4n) is 7.54. The van der Waals surface area contributed by atoms with Crippen molar-refractivity contribution >= 4 is 5.78 Å². The summed E-state index contributed by atoms with van der Waals surface area (Å²) in [6, 6.07) is 0. The highest BCUT2D eigenvalue weighted by Crippen LogP contribution is 2.67. The number of hydrogen-bond acceptors (Lipinski definition) is 6. The molecule has 0 aromatic heterocycles. The Morgan fingerprint density at radius 3 is 2.45 bits per heavy atom. The molecule has 6 heteroatoms. The second-order valence-corrected chi connectivity index (χ2v) is 10.2. The second-order valence-electron chi connectivity index (χ2n) is 10.2. The standard InChI is InChI=1S/C23H32O6/c1-20-14-16(24)19-15(5-8-21(2)25-10-11-26-21)17-6-9-22(19,29-17)18(20)4-3-7-23(20)27-12-13-28-23/h17-18H,3-14H2,1-2H3/t17-,18+,20-,22-/m0/s1. The van der Waals surface area contributed by atoms with Crippen LogP contribution in [0.5, 0.6) is 0 Å². The van der Waals surface area contributed by atoms with Crippen molar-refractivity contribution in [2.45, 2.75) is 88.5 Å². The van der Waals surface area contributed by atoms with Crippen molar-refractivity contribution in [1.29, 1.82) is 0 Å². The number of ketones is 1. The van der Waals surface area contributed by atoms with Crippen LogP contribution in [-0.4, -0.2) is 55.5 Å². The van der Waals surface area contributed by atoms with E-state index in [1.165, 1.54) is 5.57 Å². The molecule has 0 amide bonds. The van der Waals surface area contributed by atoms with E-state index in [9.17, 15) is 4.79 Å². The summed E-state index contributed by atoms with van der Waals surface area (Å²) in [5.74, 6) is -0.629. The van der Waals surface area contributed by atoms with Gasteiger partial charge in [0.25, 0.3) is 0 Å². The number of fused-ring (bicyclic) bond motifs is 3. The van der Waals surface area contributed by atoms with Crippen LogP contribution >= 0.6 is 0 Å². The molecule has 6 aliphatic rings. The van der Waals surface area contributed by atoms with Crippen molar-refractivity contribution in [3.8, 4) is 0 Å². The topological polar surface area (TPSA) is 63.2 Å². The fourth-order valence-corrected chi connectivity index (χ4v) is 7.54. The van der Waals surface area contributed by atoms with Gasteiger partial charge in [-0.15, -0.1) is 0 Å². The molecule has 4 atom stereocenters. The molecule has 2 spiro atoms. The van der Waals surface area contributed by atoms with E-state index in [4.69, 9.17) is 23.7 Å². The molecular weight excluding hydrogens is 372 g/mol. The van der Waals surface area contributed by atoms with E-state index in [0.717, 1.165) is 50.5 Å². The lowest BCUT2D eigenvalue weighted by atomic mass is 9.49. The lowest BCUT2D eigenvalue weighted by Gasteiger charge is -2.59. The van der Waals surface area contributed by atoms with Gasteiger partial charge in [0.2, 0.25) is 0 Å². The molecule has 2 bridgehead atoms. The highest BCUT2D eigenvalue weighted by Gasteiger charge is 2.71. The van der Waals surface area contributed by atoms with Crippen molar-refractivity contribution in [1.82, 2.24) is 0 Å². The molecule has 160 valence electrons. The summed E-state index contributed by atoms with van der Waals surface area (Å²) in [5, 5.41) is 0. The first-order valence-corrected chi connectivity index (χ1v) is 11.4. The summed E-state index contributed by atoms with van der Waals surface area (Å²) in [7, 11) is 0. The van der Waals surface area contributed by atoms with Crippen molar-refractivity contribution < 1.29 is 28.5 Å². The van der Waals surface area contributed by atoms with Gasteiger partial charge in [-0.05, 0) is 44.6 Å². The number of hydrogen-bond donors (Lipinski definition) is 0. The Morgan fingerprint density at radius 2 is 1.69 bits per heavy atom. The Balaban J connectivity index is 1.37. The lowest BCUT2D eigenvalue weighted by Crippen LogP contribution is -2.64. The predicted octanol–water partition coefficient (Wildman–Crippen LogP) is 3.28. The lowest BCUT2D eigenvalue weighted by molar-refractivity contribution is -0.289. The molecule has 3 saturated heterocycles. The number of carbonyl (C=O) groups excluding carboxylic acids is 1. The van der Waals surface area contributed by atoms with Crippen molar-refractivity contribution in [2.24, 2.45) is 11.3 Å². The van der Waals surface area contributed by atoms with Gasteiger partial charge < -0.3 is 23.7 Å². The SMILES string of the molecule is CC1(CCC2=C3C(=O)C[C@@]4(C)[C@@H](CCCC45OCCO5)[C@@]34CC[C@@H]2O4)OCCO1. The van der Waals surface area contributed by atoms with E-state index in [0.29, 0.717) is 32.8 Å². The van der Waals surface area contributed by atoms with Gasteiger partial charge in [-0.2, -0.15) is 0 Å². The van der Waals surface area contributed by atoms with Crippen LogP contribution < -0.4 is 0 Å². The molecule has 6 rings (SSSR count). The van der Waals surface area contributed by atoms with Crippen molar-refractivity contribution in [2.75, 3.05) is 26.4 Å². The molecular formula is C23H32O6. The van der Waals surface area contributed by atoms with Crippen LogP contribution in [0, 0.1) is 11.3 Å². The Kier molecular flexibility index (Phi) is 4.00. The Bertz CT molecular complexity index is 761. The van der Waals surface area contributed by atoms with Gasteiger partial charge in [0, 0.05) is 36.2 Å². The number of carbonyl (C=O) groups is 1. The first-order valence-electron chi connectivity index (χ1n) is 11.4. The van der Waals surface area contributed by atoms with Crippen LogP contribution in [0.1, 0.15) is 65.2 Å². The van der Waals surface area contributed by atoms with Crippen LogP contribution in [0.2, 0.25) is 0 Å². The van der Waals surface area contributed by atoms with E-state index in [2.05, 4.69) is 6.92 Å². The summed E-state index contributed by atoms with van der Waals surface area (Å²) in [6.45, 7) is 6.77. The van der Waals surface area contributed by atoms with Gasteiger partial charge in [-0.1, -0.05) is 6.92 Å². The third-order valence-electron chi connectivity index (χ3n) is 8.77. The fraction of sp³-hybridized carbons (Fsp3) is 0.870. The molecule has 4 heterocycles. The third-order valence-corrected chi connectivity index (χ3v) is 8.77. The molecule has 0 unspecified atom stereocenters. The van der Waals surface area contributed by atoms with Gasteiger partial charge in [0.15, 0.2) is 17.4 Å². The summed E-state index contributed by atoms with van der Waals surface area (Å²) < 4.78 is 30.8. The van der Waals surface area contributed by atoms with Gasteiger partial charge in [0.1, 0.15) is 5.60 Å². The third kappa shape index (κ3) is 2.38. The van der Waals surface area contributed by atoms with Crippen LogP contribution in [-0.2, 0) is 28.5 Å². The molecule has 0 aromatic carbocycles. The zero-order valence-corrected chi connectivity index (χ0v) is 17.6. The summed E-state index contributed by atoms with van der Waals surface area (Å²) in [5.41, 5.74) is 1.45. The largest absolute Gasteiger partial charge is 0.362 e. The Labute approximate surface area is 172 Å². The van der Waals surface area contributed by atoms with E-state index >= 15 is 0 Å². The minimum Gasteiger partial charge on any atom is -0.362 e. The first-order chi connectivity index (χ1) is 13.9. The zero-order valence-electron chi connectivity index (χ0n) is 17.6. The molecule has 0 aromatic rings. The highest BCUT2D eigenvalue weighted by molar-refractivity contribution is 6.01. The smallest absolute Gasteiger partial charge is 0.174 e. The van der Waals surface area contributed by atoms with E-state index < -0.39 is 17.2 Å². The molecule has 0 N–H and O–H groups in total. The summed E-state index contributed by atoms with van der Waals surface area (Å²) in [4.78, 5) is 13.6. The Hall–Kier alpha value is -0.790. The second kappa shape index (κ2) is 6.13. The molecule has 2 saturated carbocycles. The van der Waals surface area contributed by atoms with Crippen LogP contribution in [0.15, 0.2) is 11.1 Å². The minimum absolute atomic E-state index is 0.0737.